The second-order valence-corrected chi connectivity index (χ2v) is 4.04. The smallest absolute Gasteiger partial charge is 0.393 e. The van der Waals surface area contributed by atoms with Gasteiger partial charge in [-0.1, -0.05) is 6.92 Å². The Hall–Kier alpha value is -1.63. The van der Waals surface area contributed by atoms with Gasteiger partial charge in [0.15, 0.2) is 0 Å². The van der Waals surface area contributed by atoms with E-state index in [0.717, 1.165) is 12.1 Å². The first-order valence-electron chi connectivity index (χ1n) is 5.84. The summed E-state index contributed by atoms with van der Waals surface area (Å²) in [5.41, 5.74) is -0.982. The van der Waals surface area contributed by atoms with E-state index in [1.807, 2.05) is 6.92 Å². The number of hydrogen-bond donors (Lipinski definition) is 2. The fourth-order valence-electron chi connectivity index (χ4n) is 1.34. The molecule has 0 radical (unpaired) electrons. The van der Waals surface area contributed by atoms with Crippen LogP contribution < -0.4 is 5.32 Å². The Balaban J connectivity index is 2.54. The maximum Gasteiger partial charge on any atom is 0.417 e. The quantitative estimate of drug-likeness (QED) is 0.864. The Bertz CT molecular complexity index is 418. The topological polar surface area (TPSA) is 62.2 Å². The summed E-state index contributed by atoms with van der Waals surface area (Å²) < 4.78 is 36.8. The zero-order valence-electron chi connectivity index (χ0n) is 10.4. The normalized spacial score (nSPS) is 13.1. The highest BCUT2D eigenvalue weighted by molar-refractivity contribution is 5.92. The highest BCUT2D eigenvalue weighted by atomic mass is 19.4. The van der Waals surface area contributed by atoms with Crippen molar-refractivity contribution in [3.63, 3.8) is 0 Å². The number of carbonyl (C=O) groups is 1. The highest BCUT2D eigenvalue weighted by Gasteiger charge is 2.30. The predicted octanol–water partition coefficient (Wildman–Crippen LogP) is 1.99. The van der Waals surface area contributed by atoms with E-state index in [9.17, 15) is 23.1 Å². The average molecular weight is 276 g/mol. The third kappa shape index (κ3) is 4.86. The summed E-state index contributed by atoms with van der Waals surface area (Å²) in [5.74, 6) is -0.558. The summed E-state index contributed by atoms with van der Waals surface area (Å²) in [6.07, 6.45) is -3.37. The molecule has 1 atom stereocenters. The van der Waals surface area contributed by atoms with Crippen LogP contribution in [0, 0.1) is 0 Å². The van der Waals surface area contributed by atoms with Gasteiger partial charge in [0.05, 0.1) is 11.7 Å². The SMILES string of the molecule is CCC(O)CCNC(=O)c1ccc(C(F)(F)F)cn1. The number of amides is 1. The molecule has 0 aliphatic rings. The van der Waals surface area contributed by atoms with E-state index in [1.165, 1.54) is 0 Å². The first-order chi connectivity index (χ1) is 8.84. The largest absolute Gasteiger partial charge is 0.417 e. The van der Waals surface area contributed by atoms with E-state index in [-0.39, 0.29) is 12.2 Å². The lowest BCUT2D eigenvalue weighted by Gasteiger charge is -2.09. The fourth-order valence-corrected chi connectivity index (χ4v) is 1.34. The molecule has 1 aromatic rings. The van der Waals surface area contributed by atoms with Crippen LogP contribution >= 0.6 is 0 Å². The number of rotatable bonds is 5. The molecule has 0 aliphatic heterocycles. The molecular formula is C12H15F3N2O2. The lowest BCUT2D eigenvalue weighted by atomic mass is 10.2. The van der Waals surface area contributed by atoms with Crippen LogP contribution in [0.3, 0.4) is 0 Å². The Kier molecular flexibility index (Phi) is 5.29. The van der Waals surface area contributed by atoms with E-state index < -0.39 is 23.8 Å². The molecule has 0 saturated heterocycles. The highest BCUT2D eigenvalue weighted by Crippen LogP contribution is 2.28. The molecule has 0 fully saturated rings. The minimum Gasteiger partial charge on any atom is -0.393 e. The Morgan fingerprint density at radius 3 is 2.63 bits per heavy atom. The molecule has 0 aliphatic carbocycles. The Morgan fingerprint density at radius 2 is 2.16 bits per heavy atom. The zero-order chi connectivity index (χ0) is 14.5. The van der Waals surface area contributed by atoms with Crippen molar-refractivity contribution in [2.24, 2.45) is 0 Å². The molecule has 0 bridgehead atoms. The first-order valence-corrected chi connectivity index (χ1v) is 5.84. The van der Waals surface area contributed by atoms with E-state index >= 15 is 0 Å². The maximum absolute atomic E-state index is 12.3. The summed E-state index contributed by atoms with van der Waals surface area (Å²) in [5, 5.41) is 11.8. The zero-order valence-corrected chi connectivity index (χ0v) is 10.4. The molecule has 7 heteroatoms. The summed E-state index contributed by atoms with van der Waals surface area (Å²) in [4.78, 5) is 15.0. The number of pyridine rings is 1. The monoisotopic (exact) mass is 276 g/mol. The van der Waals surface area contributed by atoms with Crippen LogP contribution in [-0.4, -0.2) is 28.6 Å². The average Bonchev–Trinajstić information content (AvgIpc) is 2.37. The molecule has 4 nitrogen and oxygen atoms in total. The van der Waals surface area contributed by atoms with Crippen LogP contribution in [0.1, 0.15) is 35.8 Å². The molecule has 1 heterocycles. The standard InChI is InChI=1S/C12H15F3N2O2/c1-2-9(18)5-6-16-11(19)10-4-3-8(7-17-10)12(13,14)15/h3-4,7,9,18H,2,5-6H2,1H3,(H,16,19). The van der Waals surface area contributed by atoms with Crippen molar-refractivity contribution in [1.82, 2.24) is 10.3 Å². The Morgan fingerprint density at radius 1 is 1.47 bits per heavy atom. The van der Waals surface area contributed by atoms with Crippen molar-refractivity contribution in [3.8, 4) is 0 Å². The van der Waals surface area contributed by atoms with Gasteiger partial charge < -0.3 is 10.4 Å². The molecular weight excluding hydrogens is 261 g/mol. The van der Waals surface area contributed by atoms with Crippen LogP contribution in [0.15, 0.2) is 18.3 Å². The molecule has 0 aromatic carbocycles. The summed E-state index contributed by atoms with van der Waals surface area (Å²) >= 11 is 0. The van der Waals surface area contributed by atoms with Gasteiger partial charge in [-0.15, -0.1) is 0 Å². The number of aliphatic hydroxyl groups is 1. The molecule has 19 heavy (non-hydrogen) atoms. The second-order valence-electron chi connectivity index (χ2n) is 4.04. The van der Waals surface area contributed by atoms with Gasteiger partial charge in [0, 0.05) is 12.7 Å². The third-order valence-corrected chi connectivity index (χ3v) is 2.56. The maximum atomic E-state index is 12.3. The molecule has 1 aromatic heterocycles. The number of halogens is 3. The van der Waals surface area contributed by atoms with Gasteiger partial charge in [0.25, 0.3) is 5.91 Å². The predicted molar refractivity (Wildman–Crippen MR) is 62.5 cm³/mol. The van der Waals surface area contributed by atoms with Crippen molar-refractivity contribution in [1.29, 1.82) is 0 Å². The van der Waals surface area contributed by atoms with Crippen molar-refractivity contribution in [3.05, 3.63) is 29.6 Å². The van der Waals surface area contributed by atoms with Gasteiger partial charge >= 0.3 is 6.18 Å². The van der Waals surface area contributed by atoms with Crippen LogP contribution in [0.25, 0.3) is 0 Å². The molecule has 0 spiro atoms. The van der Waals surface area contributed by atoms with Crippen molar-refractivity contribution in [2.45, 2.75) is 32.0 Å². The molecule has 1 unspecified atom stereocenters. The minimum absolute atomic E-state index is 0.0843. The summed E-state index contributed by atoms with van der Waals surface area (Å²) in [6, 6.07) is 1.83. The number of hydrogen-bond acceptors (Lipinski definition) is 3. The second kappa shape index (κ2) is 6.51. The number of nitrogens with one attached hydrogen (secondary N) is 1. The van der Waals surface area contributed by atoms with Crippen LogP contribution in [0.5, 0.6) is 0 Å². The number of alkyl halides is 3. The molecule has 106 valence electrons. The van der Waals surface area contributed by atoms with E-state index in [4.69, 9.17) is 0 Å². The summed E-state index contributed by atoms with van der Waals surface area (Å²) in [6.45, 7) is 2.06. The lowest BCUT2D eigenvalue weighted by Crippen LogP contribution is -2.27. The number of aromatic nitrogens is 1. The van der Waals surface area contributed by atoms with Gasteiger partial charge in [0.1, 0.15) is 5.69 Å². The molecule has 0 saturated carbocycles. The third-order valence-electron chi connectivity index (χ3n) is 2.56. The van der Waals surface area contributed by atoms with Crippen molar-refractivity contribution in [2.75, 3.05) is 6.54 Å². The number of nitrogens with zero attached hydrogens (tertiary/aromatic N) is 1. The van der Waals surface area contributed by atoms with Crippen LogP contribution in [0.2, 0.25) is 0 Å². The van der Waals surface area contributed by atoms with Crippen LogP contribution in [-0.2, 0) is 6.18 Å². The summed E-state index contributed by atoms with van der Waals surface area (Å²) in [7, 11) is 0. The van der Waals surface area contributed by atoms with Gasteiger partial charge in [-0.2, -0.15) is 13.2 Å². The molecule has 1 rings (SSSR count). The van der Waals surface area contributed by atoms with Crippen LogP contribution in [0.4, 0.5) is 13.2 Å². The van der Waals surface area contributed by atoms with E-state index in [2.05, 4.69) is 10.3 Å². The molecule has 1 amide bonds. The van der Waals surface area contributed by atoms with Gasteiger partial charge in [0.2, 0.25) is 0 Å². The lowest BCUT2D eigenvalue weighted by molar-refractivity contribution is -0.137. The van der Waals surface area contributed by atoms with Crippen molar-refractivity contribution >= 4 is 5.91 Å². The van der Waals surface area contributed by atoms with Crippen molar-refractivity contribution < 1.29 is 23.1 Å². The number of aliphatic hydroxyl groups excluding tert-OH is 1. The van der Waals surface area contributed by atoms with Gasteiger partial charge in [-0.25, -0.2) is 0 Å². The molecule has 2 N–H and O–H groups in total. The minimum atomic E-state index is -4.47. The Labute approximate surface area is 108 Å². The van der Waals surface area contributed by atoms with E-state index in [1.54, 1.807) is 0 Å². The number of carbonyl (C=O) groups excluding carboxylic acids is 1. The van der Waals surface area contributed by atoms with Gasteiger partial charge in [-0.3, -0.25) is 9.78 Å². The van der Waals surface area contributed by atoms with Gasteiger partial charge in [-0.05, 0) is 25.0 Å². The fraction of sp³-hybridized carbons (Fsp3) is 0.500. The van der Waals surface area contributed by atoms with E-state index in [0.29, 0.717) is 19.0 Å². The first kappa shape index (κ1) is 15.4.